The SMILES string of the molecule is COC1CCCC1NCc1cccc(C)n1. The summed E-state index contributed by atoms with van der Waals surface area (Å²) in [5.41, 5.74) is 2.19. The summed E-state index contributed by atoms with van der Waals surface area (Å²) in [5, 5.41) is 3.54. The predicted octanol–water partition coefficient (Wildman–Crippen LogP) is 2.05. The zero-order chi connectivity index (χ0) is 11.4. The van der Waals surface area contributed by atoms with Gasteiger partial charge in [0, 0.05) is 25.4 Å². The molecule has 0 radical (unpaired) electrons. The lowest BCUT2D eigenvalue weighted by molar-refractivity contribution is 0.0846. The van der Waals surface area contributed by atoms with Crippen molar-refractivity contribution in [1.29, 1.82) is 0 Å². The fraction of sp³-hybridized carbons (Fsp3) is 0.615. The molecule has 3 heteroatoms. The van der Waals surface area contributed by atoms with Gasteiger partial charge in [-0.05, 0) is 38.3 Å². The fourth-order valence-corrected chi connectivity index (χ4v) is 2.38. The number of hydrogen-bond acceptors (Lipinski definition) is 3. The molecule has 1 fully saturated rings. The van der Waals surface area contributed by atoms with Crippen molar-refractivity contribution in [3.05, 3.63) is 29.6 Å². The quantitative estimate of drug-likeness (QED) is 0.843. The van der Waals surface area contributed by atoms with Gasteiger partial charge in [0.2, 0.25) is 0 Å². The lowest BCUT2D eigenvalue weighted by Crippen LogP contribution is -2.36. The molecule has 2 atom stereocenters. The second-order valence-electron chi connectivity index (χ2n) is 4.46. The minimum atomic E-state index is 0.379. The number of rotatable bonds is 4. The number of ether oxygens (including phenoxy) is 1. The molecule has 0 saturated heterocycles. The molecule has 2 unspecified atom stereocenters. The van der Waals surface area contributed by atoms with Gasteiger partial charge in [0.05, 0.1) is 11.8 Å². The van der Waals surface area contributed by atoms with Gasteiger partial charge in [-0.25, -0.2) is 0 Å². The molecule has 1 aromatic rings. The van der Waals surface area contributed by atoms with E-state index in [1.54, 1.807) is 7.11 Å². The summed E-state index contributed by atoms with van der Waals surface area (Å²) in [6.07, 6.45) is 4.03. The van der Waals surface area contributed by atoms with Gasteiger partial charge in [-0.15, -0.1) is 0 Å². The third-order valence-corrected chi connectivity index (χ3v) is 3.25. The Hall–Kier alpha value is -0.930. The van der Waals surface area contributed by atoms with Gasteiger partial charge in [0.1, 0.15) is 0 Å². The smallest absolute Gasteiger partial charge is 0.0724 e. The van der Waals surface area contributed by atoms with Crippen molar-refractivity contribution in [2.75, 3.05) is 7.11 Å². The summed E-state index contributed by atoms with van der Waals surface area (Å²) in [7, 11) is 1.80. The van der Waals surface area contributed by atoms with E-state index in [0.717, 1.165) is 17.9 Å². The highest BCUT2D eigenvalue weighted by atomic mass is 16.5. The predicted molar refractivity (Wildman–Crippen MR) is 64.2 cm³/mol. The molecular formula is C13H20N2O. The minimum Gasteiger partial charge on any atom is -0.380 e. The van der Waals surface area contributed by atoms with Gasteiger partial charge in [-0.1, -0.05) is 6.07 Å². The van der Waals surface area contributed by atoms with Crippen LogP contribution in [0.25, 0.3) is 0 Å². The molecule has 88 valence electrons. The van der Waals surface area contributed by atoms with Gasteiger partial charge in [-0.2, -0.15) is 0 Å². The maximum atomic E-state index is 5.45. The van der Waals surface area contributed by atoms with E-state index in [1.165, 1.54) is 19.3 Å². The zero-order valence-electron chi connectivity index (χ0n) is 10.1. The molecule has 0 aromatic carbocycles. The van der Waals surface area contributed by atoms with Crippen LogP contribution in [0.1, 0.15) is 30.7 Å². The molecule has 0 bridgehead atoms. The van der Waals surface area contributed by atoms with Crippen LogP contribution in [-0.2, 0) is 11.3 Å². The highest BCUT2D eigenvalue weighted by molar-refractivity contribution is 5.09. The number of methoxy groups -OCH3 is 1. The zero-order valence-corrected chi connectivity index (χ0v) is 10.1. The summed E-state index contributed by atoms with van der Waals surface area (Å²) in [5.74, 6) is 0. The Bertz CT molecular complexity index is 340. The molecular weight excluding hydrogens is 200 g/mol. The number of nitrogens with zero attached hydrogens (tertiary/aromatic N) is 1. The van der Waals surface area contributed by atoms with Crippen molar-refractivity contribution in [3.63, 3.8) is 0 Å². The van der Waals surface area contributed by atoms with Crippen LogP contribution in [-0.4, -0.2) is 24.2 Å². The lowest BCUT2D eigenvalue weighted by Gasteiger charge is -2.19. The average Bonchev–Trinajstić information content (AvgIpc) is 2.74. The van der Waals surface area contributed by atoms with Crippen LogP contribution in [0.2, 0.25) is 0 Å². The monoisotopic (exact) mass is 220 g/mol. The Morgan fingerprint density at radius 1 is 1.44 bits per heavy atom. The second kappa shape index (κ2) is 5.41. The van der Waals surface area contributed by atoms with Crippen molar-refractivity contribution in [3.8, 4) is 0 Å². The molecule has 1 N–H and O–H groups in total. The molecule has 1 heterocycles. The van der Waals surface area contributed by atoms with Gasteiger partial charge in [0.15, 0.2) is 0 Å². The van der Waals surface area contributed by atoms with E-state index in [9.17, 15) is 0 Å². The summed E-state index contributed by atoms with van der Waals surface area (Å²) in [4.78, 5) is 4.48. The molecule has 0 aliphatic heterocycles. The molecule has 0 amide bonds. The number of hydrogen-bond donors (Lipinski definition) is 1. The molecule has 1 aromatic heterocycles. The van der Waals surface area contributed by atoms with Crippen molar-refractivity contribution >= 4 is 0 Å². The Kier molecular flexibility index (Phi) is 3.91. The van der Waals surface area contributed by atoms with E-state index in [4.69, 9.17) is 4.74 Å². The van der Waals surface area contributed by atoms with Crippen molar-refractivity contribution in [2.45, 2.75) is 44.9 Å². The molecule has 1 aliphatic rings. The summed E-state index contributed by atoms with van der Waals surface area (Å²) < 4.78 is 5.45. The second-order valence-corrected chi connectivity index (χ2v) is 4.46. The Morgan fingerprint density at radius 3 is 3.06 bits per heavy atom. The van der Waals surface area contributed by atoms with Crippen LogP contribution in [0, 0.1) is 6.92 Å². The minimum absolute atomic E-state index is 0.379. The van der Waals surface area contributed by atoms with E-state index in [-0.39, 0.29) is 0 Å². The first kappa shape index (κ1) is 11.6. The van der Waals surface area contributed by atoms with Crippen LogP contribution in [0.15, 0.2) is 18.2 Å². The fourth-order valence-electron chi connectivity index (χ4n) is 2.38. The Morgan fingerprint density at radius 2 is 2.31 bits per heavy atom. The third kappa shape index (κ3) is 2.80. The first-order valence-electron chi connectivity index (χ1n) is 5.98. The van der Waals surface area contributed by atoms with Crippen LogP contribution in [0.3, 0.4) is 0 Å². The Balaban J connectivity index is 1.87. The van der Waals surface area contributed by atoms with E-state index in [2.05, 4.69) is 22.4 Å². The van der Waals surface area contributed by atoms with E-state index < -0.39 is 0 Å². The average molecular weight is 220 g/mol. The van der Waals surface area contributed by atoms with E-state index in [0.29, 0.717) is 12.1 Å². The van der Waals surface area contributed by atoms with Gasteiger partial charge < -0.3 is 10.1 Å². The first-order chi connectivity index (χ1) is 7.79. The van der Waals surface area contributed by atoms with Crippen molar-refractivity contribution < 1.29 is 4.74 Å². The van der Waals surface area contributed by atoms with Crippen LogP contribution in [0.5, 0.6) is 0 Å². The molecule has 3 nitrogen and oxygen atoms in total. The number of aryl methyl sites for hydroxylation is 1. The number of aromatic nitrogens is 1. The topological polar surface area (TPSA) is 34.1 Å². The highest BCUT2D eigenvalue weighted by Gasteiger charge is 2.26. The third-order valence-electron chi connectivity index (χ3n) is 3.25. The summed E-state index contributed by atoms with van der Waals surface area (Å²) in [6.45, 7) is 2.86. The highest BCUT2D eigenvalue weighted by Crippen LogP contribution is 2.21. The normalized spacial score (nSPS) is 24.9. The maximum absolute atomic E-state index is 5.45. The van der Waals surface area contributed by atoms with Gasteiger partial charge >= 0.3 is 0 Å². The van der Waals surface area contributed by atoms with E-state index in [1.807, 2.05) is 13.0 Å². The van der Waals surface area contributed by atoms with Crippen LogP contribution >= 0.6 is 0 Å². The first-order valence-corrected chi connectivity index (χ1v) is 5.98. The molecule has 0 spiro atoms. The number of nitrogens with one attached hydrogen (secondary N) is 1. The van der Waals surface area contributed by atoms with Gasteiger partial charge in [0.25, 0.3) is 0 Å². The van der Waals surface area contributed by atoms with E-state index >= 15 is 0 Å². The molecule has 1 saturated carbocycles. The van der Waals surface area contributed by atoms with Crippen LogP contribution < -0.4 is 5.32 Å². The number of pyridine rings is 1. The summed E-state index contributed by atoms with van der Waals surface area (Å²) in [6, 6.07) is 6.64. The van der Waals surface area contributed by atoms with Crippen molar-refractivity contribution in [2.24, 2.45) is 0 Å². The summed E-state index contributed by atoms with van der Waals surface area (Å²) >= 11 is 0. The largest absolute Gasteiger partial charge is 0.380 e. The molecule has 1 aliphatic carbocycles. The lowest BCUT2D eigenvalue weighted by atomic mass is 10.2. The van der Waals surface area contributed by atoms with Crippen LogP contribution in [0.4, 0.5) is 0 Å². The van der Waals surface area contributed by atoms with Gasteiger partial charge in [-0.3, -0.25) is 4.98 Å². The molecule has 16 heavy (non-hydrogen) atoms. The molecule has 2 rings (SSSR count). The maximum Gasteiger partial charge on any atom is 0.0724 e. The Labute approximate surface area is 97.2 Å². The van der Waals surface area contributed by atoms with Crippen molar-refractivity contribution in [1.82, 2.24) is 10.3 Å². The standard InChI is InChI=1S/C13H20N2O/c1-10-5-3-6-11(15-10)9-14-12-7-4-8-13(12)16-2/h3,5-6,12-14H,4,7-9H2,1-2H3.